The molecular formula is C18H24N4O2S2. The average Bonchev–Trinajstić information content (AvgIpc) is 3.06. The number of amides is 1. The second kappa shape index (κ2) is 8.10. The molecule has 2 aliphatic rings. The lowest BCUT2D eigenvalue weighted by Crippen LogP contribution is -2.36. The summed E-state index contributed by atoms with van der Waals surface area (Å²) in [6.07, 6.45) is 5.43. The normalized spacial score (nSPS) is 21.0. The van der Waals surface area contributed by atoms with Crippen molar-refractivity contribution < 1.29 is 9.53 Å². The van der Waals surface area contributed by atoms with Crippen LogP contribution in [0.2, 0.25) is 0 Å². The smallest absolute Gasteiger partial charge is 0.233 e. The topological polar surface area (TPSA) is 69.0 Å². The predicted molar refractivity (Wildman–Crippen MR) is 103 cm³/mol. The minimum absolute atomic E-state index is 0.0376. The third-order valence-electron chi connectivity index (χ3n) is 4.74. The van der Waals surface area contributed by atoms with Crippen LogP contribution < -0.4 is 5.32 Å². The Labute approximate surface area is 161 Å². The number of rotatable bonds is 8. The second-order valence-electron chi connectivity index (χ2n) is 6.90. The van der Waals surface area contributed by atoms with E-state index in [1.54, 1.807) is 11.3 Å². The van der Waals surface area contributed by atoms with Crippen molar-refractivity contribution in [3.63, 3.8) is 0 Å². The number of nitrogens with zero attached hydrogens (tertiary/aromatic N) is 3. The summed E-state index contributed by atoms with van der Waals surface area (Å²) in [5.41, 5.74) is 0. The molecule has 3 heterocycles. The highest BCUT2D eigenvalue weighted by Crippen LogP contribution is 2.40. The van der Waals surface area contributed by atoms with Crippen LogP contribution in [0.15, 0.2) is 22.7 Å². The van der Waals surface area contributed by atoms with Crippen LogP contribution in [0.4, 0.5) is 0 Å². The zero-order valence-electron chi connectivity index (χ0n) is 14.9. The maximum Gasteiger partial charge on any atom is 0.233 e. The van der Waals surface area contributed by atoms with Gasteiger partial charge in [-0.25, -0.2) is 0 Å². The number of nitrogens with one attached hydrogen (secondary N) is 1. The van der Waals surface area contributed by atoms with Gasteiger partial charge in [-0.05, 0) is 44.1 Å². The van der Waals surface area contributed by atoms with Crippen molar-refractivity contribution in [2.75, 3.05) is 13.2 Å². The molecule has 2 atom stereocenters. The minimum Gasteiger partial charge on any atom is -0.376 e. The molecule has 0 radical (unpaired) electrons. The van der Waals surface area contributed by atoms with Gasteiger partial charge in [-0.2, -0.15) is 0 Å². The van der Waals surface area contributed by atoms with Crippen LogP contribution in [-0.2, 0) is 16.0 Å². The largest absolute Gasteiger partial charge is 0.376 e. The molecule has 0 aromatic carbocycles. The molecule has 1 saturated carbocycles. The molecule has 2 unspecified atom stereocenters. The number of carbonyl (C=O) groups excluding carboxylic acids is 1. The molecule has 2 aromatic rings. The van der Waals surface area contributed by atoms with E-state index < -0.39 is 0 Å². The molecule has 4 rings (SSSR count). The summed E-state index contributed by atoms with van der Waals surface area (Å²) < 4.78 is 7.81. The van der Waals surface area contributed by atoms with Gasteiger partial charge >= 0.3 is 0 Å². The molecule has 1 amide bonds. The van der Waals surface area contributed by atoms with Gasteiger partial charge in [-0.3, -0.25) is 4.79 Å². The van der Waals surface area contributed by atoms with Crippen LogP contribution in [0.3, 0.4) is 0 Å². The molecule has 1 aliphatic carbocycles. The van der Waals surface area contributed by atoms with E-state index in [1.807, 2.05) is 6.92 Å². The van der Waals surface area contributed by atoms with Gasteiger partial charge in [0.1, 0.15) is 5.82 Å². The van der Waals surface area contributed by atoms with Crippen molar-refractivity contribution in [3.8, 4) is 0 Å². The molecule has 2 fully saturated rings. The Bertz CT molecular complexity index is 736. The van der Waals surface area contributed by atoms with E-state index in [0.717, 1.165) is 36.9 Å². The third-order valence-corrected chi connectivity index (χ3v) is 6.67. The summed E-state index contributed by atoms with van der Waals surface area (Å²) in [7, 11) is 0. The fourth-order valence-corrected chi connectivity index (χ4v) is 4.82. The number of hydrogen-bond donors (Lipinski definition) is 1. The van der Waals surface area contributed by atoms with E-state index in [9.17, 15) is 4.79 Å². The first kappa shape index (κ1) is 18.0. The summed E-state index contributed by atoms with van der Waals surface area (Å²) in [4.78, 5) is 13.7. The molecule has 1 aliphatic heterocycles. The van der Waals surface area contributed by atoms with E-state index in [0.29, 0.717) is 12.6 Å². The fraction of sp³-hybridized carbons (Fsp3) is 0.611. The van der Waals surface area contributed by atoms with E-state index in [4.69, 9.17) is 4.74 Å². The van der Waals surface area contributed by atoms with Gasteiger partial charge in [-0.1, -0.05) is 17.8 Å². The van der Waals surface area contributed by atoms with Gasteiger partial charge in [0.2, 0.25) is 5.91 Å². The Morgan fingerprint density at radius 2 is 2.35 bits per heavy atom. The Morgan fingerprint density at radius 1 is 1.46 bits per heavy atom. The molecule has 140 valence electrons. The van der Waals surface area contributed by atoms with Crippen molar-refractivity contribution in [3.05, 3.63) is 28.2 Å². The first-order chi connectivity index (χ1) is 12.7. The second-order valence-corrected chi connectivity index (χ2v) is 9.24. The summed E-state index contributed by atoms with van der Waals surface area (Å²) in [6, 6.07) is 4.68. The minimum atomic E-state index is -0.201. The zero-order chi connectivity index (χ0) is 17.9. The quantitative estimate of drug-likeness (QED) is 0.700. The number of hydrogen-bond acceptors (Lipinski definition) is 6. The maximum absolute atomic E-state index is 12.4. The summed E-state index contributed by atoms with van der Waals surface area (Å²) in [5.74, 6) is 1.04. The number of carbonyl (C=O) groups is 1. The number of thioether (sulfide) groups is 1. The zero-order valence-corrected chi connectivity index (χ0v) is 16.5. The monoisotopic (exact) mass is 392 g/mol. The molecule has 6 nitrogen and oxygen atoms in total. The van der Waals surface area contributed by atoms with Crippen molar-refractivity contribution in [1.82, 2.24) is 20.1 Å². The maximum atomic E-state index is 12.4. The Morgan fingerprint density at radius 3 is 3.04 bits per heavy atom. The molecule has 26 heavy (non-hydrogen) atoms. The summed E-state index contributed by atoms with van der Waals surface area (Å²) in [6.45, 7) is 3.34. The van der Waals surface area contributed by atoms with Gasteiger partial charge in [0.05, 0.1) is 11.4 Å². The average molecular weight is 393 g/mol. The van der Waals surface area contributed by atoms with Gasteiger partial charge < -0.3 is 14.6 Å². The highest BCUT2D eigenvalue weighted by molar-refractivity contribution is 8.00. The van der Waals surface area contributed by atoms with Crippen LogP contribution in [0.25, 0.3) is 0 Å². The lowest BCUT2D eigenvalue weighted by molar-refractivity contribution is -0.120. The van der Waals surface area contributed by atoms with Crippen molar-refractivity contribution >= 4 is 29.0 Å². The lowest BCUT2D eigenvalue weighted by atomic mass is 10.2. The van der Waals surface area contributed by atoms with Crippen molar-refractivity contribution in [2.45, 2.75) is 61.6 Å². The van der Waals surface area contributed by atoms with Crippen molar-refractivity contribution in [1.29, 1.82) is 0 Å². The molecule has 1 saturated heterocycles. The first-order valence-electron chi connectivity index (χ1n) is 9.23. The number of thiophene rings is 1. The predicted octanol–water partition coefficient (Wildman–Crippen LogP) is 3.04. The number of aromatic nitrogens is 3. The van der Waals surface area contributed by atoms with E-state index in [-0.39, 0.29) is 17.3 Å². The van der Waals surface area contributed by atoms with Gasteiger partial charge in [0.15, 0.2) is 5.16 Å². The highest BCUT2D eigenvalue weighted by Gasteiger charge is 2.31. The van der Waals surface area contributed by atoms with E-state index in [2.05, 4.69) is 37.6 Å². The molecular weight excluding hydrogens is 368 g/mol. The lowest BCUT2D eigenvalue weighted by Gasteiger charge is -2.15. The molecule has 0 bridgehead atoms. The molecule has 1 N–H and O–H groups in total. The van der Waals surface area contributed by atoms with Crippen LogP contribution in [0, 0.1) is 0 Å². The van der Waals surface area contributed by atoms with Gasteiger partial charge in [-0.15, -0.1) is 21.5 Å². The van der Waals surface area contributed by atoms with Gasteiger partial charge in [0.25, 0.3) is 0 Å². The van der Waals surface area contributed by atoms with E-state index >= 15 is 0 Å². The Balaban J connectivity index is 1.38. The molecule has 0 spiro atoms. The third kappa shape index (κ3) is 4.29. The SMILES string of the molecule is CC(Sc1nnc(Cc2cccs2)n1C1CC1)C(=O)NCC1CCCO1. The Hall–Kier alpha value is -1.38. The fourth-order valence-electron chi connectivity index (χ4n) is 3.15. The van der Waals surface area contributed by atoms with Crippen molar-refractivity contribution in [2.24, 2.45) is 0 Å². The molecule has 2 aromatic heterocycles. The highest BCUT2D eigenvalue weighted by atomic mass is 32.2. The summed E-state index contributed by atoms with van der Waals surface area (Å²) in [5, 5.41) is 14.6. The summed E-state index contributed by atoms with van der Waals surface area (Å²) >= 11 is 3.24. The van der Waals surface area contributed by atoms with Crippen LogP contribution >= 0.6 is 23.1 Å². The van der Waals surface area contributed by atoms with Crippen LogP contribution in [0.1, 0.15) is 49.4 Å². The molecule has 8 heteroatoms. The van der Waals surface area contributed by atoms with Crippen LogP contribution in [-0.4, -0.2) is 45.2 Å². The van der Waals surface area contributed by atoms with Crippen LogP contribution in [0.5, 0.6) is 0 Å². The first-order valence-corrected chi connectivity index (χ1v) is 11.0. The number of ether oxygens (including phenoxy) is 1. The van der Waals surface area contributed by atoms with Gasteiger partial charge in [0, 0.05) is 30.5 Å². The van der Waals surface area contributed by atoms with E-state index in [1.165, 1.54) is 29.5 Å². The standard InChI is InChI=1S/C18H24N4O2S2/c1-12(17(23)19-11-14-4-2-8-24-14)26-18-21-20-16(22(18)13-6-7-13)10-15-5-3-9-25-15/h3,5,9,12-14H,2,4,6-8,10-11H2,1H3,(H,19,23). The Kier molecular flexibility index (Phi) is 5.61.